The van der Waals surface area contributed by atoms with Gasteiger partial charge in [0.25, 0.3) is 0 Å². The summed E-state index contributed by atoms with van der Waals surface area (Å²) in [5, 5.41) is 8.92. The number of carbonyl (C=O) groups is 1. The molecule has 0 aromatic carbocycles. The van der Waals surface area contributed by atoms with Crippen molar-refractivity contribution in [1.82, 2.24) is 16.0 Å². The Bertz CT molecular complexity index is 344. The molecule has 138 valence electrons. The van der Waals surface area contributed by atoms with Crippen molar-refractivity contribution in [1.29, 1.82) is 0 Å². The molecule has 23 heavy (non-hydrogen) atoms. The number of hydrogen-bond acceptors (Lipinski definition) is 4. The molecular formula is C15H33IN4O3. The number of hydrogen-bond donors (Lipinski definition) is 3. The number of halogens is 1. The van der Waals surface area contributed by atoms with Gasteiger partial charge in [0, 0.05) is 33.3 Å². The van der Waals surface area contributed by atoms with E-state index in [-0.39, 0.29) is 24.0 Å². The highest BCUT2D eigenvalue weighted by Gasteiger charge is 2.15. The minimum absolute atomic E-state index is 0. The first-order chi connectivity index (χ1) is 10.2. The minimum atomic E-state index is -0.481. The van der Waals surface area contributed by atoms with Crippen molar-refractivity contribution in [3.8, 4) is 0 Å². The molecule has 0 aliphatic heterocycles. The maximum Gasteiger partial charge on any atom is 0.407 e. The highest BCUT2D eigenvalue weighted by molar-refractivity contribution is 14.0. The number of amides is 1. The Labute approximate surface area is 157 Å². The molecule has 0 atom stereocenters. The molecular weight excluding hydrogens is 411 g/mol. The molecule has 0 saturated carbocycles. The van der Waals surface area contributed by atoms with Crippen molar-refractivity contribution in [2.24, 2.45) is 10.9 Å². The van der Waals surface area contributed by atoms with Crippen LogP contribution in [0.25, 0.3) is 0 Å². The molecule has 0 saturated heterocycles. The van der Waals surface area contributed by atoms with Gasteiger partial charge >= 0.3 is 6.09 Å². The Morgan fingerprint density at radius 2 is 1.65 bits per heavy atom. The Morgan fingerprint density at radius 1 is 1.09 bits per heavy atom. The SMILES string of the molecule is CN=C(NCCNC(=O)OC(C)(C)C)NCCOCC(C)C.I. The van der Waals surface area contributed by atoms with Crippen molar-refractivity contribution in [3.05, 3.63) is 0 Å². The molecule has 0 bridgehead atoms. The fourth-order valence-corrected chi connectivity index (χ4v) is 1.44. The van der Waals surface area contributed by atoms with Crippen molar-refractivity contribution in [2.75, 3.05) is 39.9 Å². The van der Waals surface area contributed by atoms with E-state index in [4.69, 9.17) is 9.47 Å². The average Bonchev–Trinajstić information content (AvgIpc) is 2.38. The third-order valence-corrected chi connectivity index (χ3v) is 2.30. The van der Waals surface area contributed by atoms with Gasteiger partial charge in [-0.2, -0.15) is 0 Å². The second-order valence-corrected chi connectivity index (χ2v) is 6.32. The standard InChI is InChI=1S/C15H32N4O3.HI/c1-12(2)11-21-10-9-18-13(16-6)17-7-8-19-14(20)22-15(3,4)5;/h12H,7-11H2,1-6H3,(H,19,20)(H2,16,17,18);1H. The predicted octanol–water partition coefficient (Wildman–Crippen LogP) is 1.97. The van der Waals surface area contributed by atoms with E-state index in [0.717, 1.165) is 6.61 Å². The molecule has 0 aliphatic carbocycles. The largest absolute Gasteiger partial charge is 0.444 e. The molecule has 0 fully saturated rings. The van der Waals surface area contributed by atoms with E-state index in [2.05, 4.69) is 34.8 Å². The van der Waals surface area contributed by atoms with Crippen LogP contribution in [0.4, 0.5) is 4.79 Å². The fourth-order valence-electron chi connectivity index (χ4n) is 1.44. The molecule has 0 aromatic heterocycles. The Morgan fingerprint density at radius 3 is 2.17 bits per heavy atom. The van der Waals surface area contributed by atoms with Crippen molar-refractivity contribution in [2.45, 2.75) is 40.2 Å². The van der Waals surface area contributed by atoms with Crippen LogP contribution in [0.15, 0.2) is 4.99 Å². The van der Waals surface area contributed by atoms with Gasteiger partial charge in [0.2, 0.25) is 0 Å². The van der Waals surface area contributed by atoms with Crippen molar-refractivity contribution >= 4 is 36.0 Å². The predicted molar refractivity (Wildman–Crippen MR) is 105 cm³/mol. The lowest BCUT2D eigenvalue weighted by atomic mass is 10.2. The topological polar surface area (TPSA) is 84.0 Å². The molecule has 0 radical (unpaired) electrons. The first kappa shape index (κ1) is 24.5. The van der Waals surface area contributed by atoms with Gasteiger partial charge in [0.15, 0.2) is 5.96 Å². The van der Waals surface area contributed by atoms with E-state index in [1.807, 2.05) is 20.8 Å². The number of ether oxygens (including phenoxy) is 2. The van der Waals surface area contributed by atoms with Gasteiger partial charge < -0.3 is 25.4 Å². The van der Waals surface area contributed by atoms with Crippen molar-refractivity contribution in [3.63, 3.8) is 0 Å². The van der Waals surface area contributed by atoms with E-state index >= 15 is 0 Å². The summed E-state index contributed by atoms with van der Waals surface area (Å²) in [7, 11) is 1.70. The molecule has 0 aromatic rings. The van der Waals surface area contributed by atoms with Gasteiger partial charge in [0.1, 0.15) is 5.60 Å². The lowest BCUT2D eigenvalue weighted by Gasteiger charge is -2.20. The fraction of sp³-hybridized carbons (Fsp3) is 0.867. The van der Waals surface area contributed by atoms with Crippen LogP contribution in [0.2, 0.25) is 0 Å². The van der Waals surface area contributed by atoms with Crippen LogP contribution < -0.4 is 16.0 Å². The molecule has 0 rings (SSSR count). The monoisotopic (exact) mass is 444 g/mol. The number of alkyl carbamates (subject to hydrolysis) is 1. The zero-order valence-corrected chi connectivity index (χ0v) is 17.5. The summed E-state index contributed by atoms with van der Waals surface area (Å²) >= 11 is 0. The molecule has 8 heteroatoms. The Kier molecular flexibility index (Phi) is 14.5. The van der Waals surface area contributed by atoms with Gasteiger partial charge in [-0.1, -0.05) is 13.8 Å². The molecule has 1 amide bonds. The Hall–Kier alpha value is -0.770. The highest BCUT2D eigenvalue weighted by atomic mass is 127. The number of carbonyl (C=O) groups excluding carboxylic acids is 1. The lowest BCUT2D eigenvalue weighted by molar-refractivity contribution is 0.0529. The van der Waals surface area contributed by atoms with Crippen LogP contribution in [0.5, 0.6) is 0 Å². The maximum absolute atomic E-state index is 11.4. The van der Waals surface area contributed by atoms with Crippen LogP contribution in [-0.4, -0.2) is 57.5 Å². The van der Waals surface area contributed by atoms with Crippen molar-refractivity contribution < 1.29 is 14.3 Å². The third kappa shape index (κ3) is 17.4. The van der Waals surface area contributed by atoms with Crippen LogP contribution in [0.1, 0.15) is 34.6 Å². The van der Waals surface area contributed by atoms with Crippen LogP contribution in [0.3, 0.4) is 0 Å². The van der Waals surface area contributed by atoms with Crippen LogP contribution >= 0.6 is 24.0 Å². The first-order valence-electron chi connectivity index (χ1n) is 7.73. The van der Waals surface area contributed by atoms with Gasteiger partial charge in [-0.15, -0.1) is 24.0 Å². The molecule has 3 N–H and O–H groups in total. The van der Waals surface area contributed by atoms with E-state index in [0.29, 0.717) is 38.1 Å². The number of nitrogens with zero attached hydrogens (tertiary/aromatic N) is 1. The summed E-state index contributed by atoms with van der Waals surface area (Å²) in [6.07, 6.45) is -0.417. The molecule has 7 nitrogen and oxygen atoms in total. The zero-order valence-electron chi connectivity index (χ0n) is 15.2. The maximum atomic E-state index is 11.4. The summed E-state index contributed by atoms with van der Waals surface area (Å²) < 4.78 is 10.6. The molecule has 0 heterocycles. The van der Waals surface area contributed by atoms with E-state index in [1.54, 1.807) is 7.05 Å². The number of rotatable bonds is 8. The third-order valence-electron chi connectivity index (χ3n) is 2.30. The molecule has 0 spiro atoms. The van der Waals surface area contributed by atoms with Gasteiger partial charge in [0.05, 0.1) is 6.61 Å². The van der Waals surface area contributed by atoms with E-state index in [9.17, 15) is 4.79 Å². The lowest BCUT2D eigenvalue weighted by Crippen LogP contribution is -2.43. The van der Waals surface area contributed by atoms with E-state index in [1.165, 1.54) is 0 Å². The average molecular weight is 444 g/mol. The molecule has 0 unspecified atom stereocenters. The summed E-state index contributed by atoms with van der Waals surface area (Å²) in [5.74, 6) is 1.22. The summed E-state index contributed by atoms with van der Waals surface area (Å²) in [6.45, 7) is 12.8. The summed E-state index contributed by atoms with van der Waals surface area (Å²) in [6, 6.07) is 0. The minimum Gasteiger partial charge on any atom is -0.444 e. The quantitative estimate of drug-likeness (QED) is 0.231. The second kappa shape index (κ2) is 13.6. The first-order valence-corrected chi connectivity index (χ1v) is 7.73. The van der Waals surface area contributed by atoms with E-state index < -0.39 is 11.7 Å². The highest BCUT2D eigenvalue weighted by Crippen LogP contribution is 2.05. The number of nitrogens with one attached hydrogen (secondary N) is 3. The molecule has 0 aliphatic rings. The smallest absolute Gasteiger partial charge is 0.407 e. The van der Waals surface area contributed by atoms with Crippen LogP contribution in [-0.2, 0) is 9.47 Å². The van der Waals surface area contributed by atoms with Gasteiger partial charge in [-0.25, -0.2) is 4.79 Å². The van der Waals surface area contributed by atoms with Crippen LogP contribution in [0, 0.1) is 5.92 Å². The van der Waals surface area contributed by atoms with Gasteiger partial charge in [-0.3, -0.25) is 4.99 Å². The number of aliphatic imine (C=N–C) groups is 1. The number of guanidine groups is 1. The normalized spacial score (nSPS) is 11.7. The zero-order chi connectivity index (χ0) is 17.0. The summed E-state index contributed by atoms with van der Waals surface area (Å²) in [4.78, 5) is 15.5. The van der Waals surface area contributed by atoms with Gasteiger partial charge in [-0.05, 0) is 26.7 Å². The summed E-state index contributed by atoms with van der Waals surface area (Å²) in [5.41, 5.74) is -0.481. The second-order valence-electron chi connectivity index (χ2n) is 6.32. The Balaban J connectivity index is 0.